The second-order valence-electron chi connectivity index (χ2n) is 7.76. The summed E-state index contributed by atoms with van der Waals surface area (Å²) in [7, 11) is 0. The molecule has 0 amide bonds. The lowest BCUT2D eigenvalue weighted by Gasteiger charge is -2.26. The van der Waals surface area contributed by atoms with Gasteiger partial charge in [0, 0.05) is 12.0 Å². The van der Waals surface area contributed by atoms with E-state index in [2.05, 4.69) is 72.9 Å². The minimum Gasteiger partial charge on any atom is -0.314 e. The van der Waals surface area contributed by atoms with Crippen molar-refractivity contribution < 1.29 is 0 Å². The Morgan fingerprint density at radius 3 is 1.96 bits per heavy atom. The minimum atomic E-state index is 0.483. The molecule has 1 unspecified atom stereocenters. The Morgan fingerprint density at radius 2 is 1.40 bits per heavy atom. The van der Waals surface area contributed by atoms with E-state index in [4.69, 9.17) is 0 Å². The lowest BCUT2D eigenvalue weighted by molar-refractivity contribution is 0.304. The first-order chi connectivity index (χ1) is 12.3. The SMILES string of the molecule is CC(CC1CCCCC1)NCCC(c1ccccc1)c1ccccc1. The molecule has 1 N–H and O–H groups in total. The van der Waals surface area contributed by atoms with Gasteiger partial charge in [0.1, 0.15) is 0 Å². The van der Waals surface area contributed by atoms with E-state index in [0.29, 0.717) is 12.0 Å². The van der Waals surface area contributed by atoms with Crippen LogP contribution < -0.4 is 5.32 Å². The first kappa shape index (κ1) is 18.2. The molecule has 0 radical (unpaired) electrons. The topological polar surface area (TPSA) is 12.0 Å². The van der Waals surface area contributed by atoms with E-state index in [1.165, 1.54) is 49.7 Å². The normalized spacial score (nSPS) is 16.9. The molecular formula is C24H33N. The zero-order valence-electron chi connectivity index (χ0n) is 15.7. The highest BCUT2D eigenvalue weighted by molar-refractivity contribution is 5.32. The molecule has 2 aromatic rings. The highest BCUT2D eigenvalue weighted by atomic mass is 14.9. The molecule has 0 aliphatic heterocycles. The van der Waals surface area contributed by atoms with E-state index < -0.39 is 0 Å². The van der Waals surface area contributed by atoms with Crippen molar-refractivity contribution in [2.45, 2.75) is 63.8 Å². The third-order valence-electron chi connectivity index (χ3n) is 5.74. The Morgan fingerprint density at radius 1 is 0.840 bits per heavy atom. The van der Waals surface area contributed by atoms with E-state index >= 15 is 0 Å². The molecule has 3 rings (SSSR count). The van der Waals surface area contributed by atoms with E-state index in [1.807, 2.05) is 0 Å². The number of nitrogens with one attached hydrogen (secondary N) is 1. The zero-order valence-corrected chi connectivity index (χ0v) is 15.7. The number of benzene rings is 2. The van der Waals surface area contributed by atoms with E-state index in [9.17, 15) is 0 Å². The molecule has 1 aliphatic carbocycles. The molecule has 0 saturated heterocycles. The fourth-order valence-electron chi connectivity index (χ4n) is 4.38. The monoisotopic (exact) mass is 335 g/mol. The summed E-state index contributed by atoms with van der Waals surface area (Å²) in [4.78, 5) is 0. The Bertz CT molecular complexity index is 547. The van der Waals surface area contributed by atoms with Crippen molar-refractivity contribution in [3.05, 3.63) is 71.8 Å². The van der Waals surface area contributed by atoms with Crippen molar-refractivity contribution in [2.24, 2.45) is 5.92 Å². The van der Waals surface area contributed by atoms with Gasteiger partial charge < -0.3 is 5.32 Å². The summed E-state index contributed by atoms with van der Waals surface area (Å²) in [5, 5.41) is 3.80. The van der Waals surface area contributed by atoms with Gasteiger partial charge in [-0.1, -0.05) is 92.8 Å². The van der Waals surface area contributed by atoms with Crippen LogP contribution in [0.3, 0.4) is 0 Å². The van der Waals surface area contributed by atoms with Crippen molar-refractivity contribution >= 4 is 0 Å². The molecule has 1 fully saturated rings. The van der Waals surface area contributed by atoms with Gasteiger partial charge in [-0.3, -0.25) is 0 Å². The molecule has 1 atom stereocenters. The second-order valence-corrected chi connectivity index (χ2v) is 7.76. The molecule has 134 valence electrons. The predicted octanol–water partition coefficient (Wildman–Crippen LogP) is 6.16. The van der Waals surface area contributed by atoms with E-state index in [1.54, 1.807) is 0 Å². The number of rotatable bonds is 8. The first-order valence-corrected chi connectivity index (χ1v) is 10.2. The van der Waals surface area contributed by atoms with Crippen LogP contribution >= 0.6 is 0 Å². The van der Waals surface area contributed by atoms with Crippen LogP contribution in [-0.4, -0.2) is 12.6 Å². The van der Waals surface area contributed by atoms with Crippen molar-refractivity contribution in [3.8, 4) is 0 Å². The van der Waals surface area contributed by atoms with Gasteiger partial charge in [0.15, 0.2) is 0 Å². The largest absolute Gasteiger partial charge is 0.314 e. The van der Waals surface area contributed by atoms with Gasteiger partial charge in [-0.2, -0.15) is 0 Å². The number of hydrogen-bond donors (Lipinski definition) is 1. The molecule has 1 saturated carbocycles. The lowest BCUT2D eigenvalue weighted by atomic mass is 9.85. The maximum atomic E-state index is 3.80. The van der Waals surface area contributed by atoms with E-state index in [0.717, 1.165) is 18.9 Å². The molecule has 0 aromatic heterocycles. The predicted molar refractivity (Wildman–Crippen MR) is 108 cm³/mol. The van der Waals surface area contributed by atoms with Crippen LogP contribution in [0.2, 0.25) is 0 Å². The quantitative estimate of drug-likeness (QED) is 0.609. The van der Waals surface area contributed by atoms with Crippen molar-refractivity contribution in [2.75, 3.05) is 6.54 Å². The maximum Gasteiger partial charge on any atom is 0.0101 e. The molecule has 1 aliphatic rings. The molecule has 25 heavy (non-hydrogen) atoms. The zero-order chi connectivity index (χ0) is 17.3. The fourth-order valence-corrected chi connectivity index (χ4v) is 4.38. The number of hydrogen-bond acceptors (Lipinski definition) is 1. The van der Waals surface area contributed by atoms with Gasteiger partial charge in [0.2, 0.25) is 0 Å². The van der Waals surface area contributed by atoms with Crippen LogP contribution in [0.1, 0.15) is 68.9 Å². The molecule has 0 bridgehead atoms. The third-order valence-corrected chi connectivity index (χ3v) is 5.74. The first-order valence-electron chi connectivity index (χ1n) is 10.2. The Labute approximate surface area is 153 Å². The van der Waals surface area contributed by atoms with Crippen LogP contribution in [0.5, 0.6) is 0 Å². The molecule has 2 aromatic carbocycles. The maximum absolute atomic E-state index is 3.80. The lowest BCUT2D eigenvalue weighted by Crippen LogP contribution is -2.30. The minimum absolute atomic E-state index is 0.483. The Kier molecular flexibility index (Phi) is 7.11. The van der Waals surface area contributed by atoms with Gasteiger partial charge in [-0.15, -0.1) is 0 Å². The van der Waals surface area contributed by atoms with Crippen LogP contribution in [0.4, 0.5) is 0 Å². The molecular weight excluding hydrogens is 302 g/mol. The molecule has 0 spiro atoms. The summed E-state index contributed by atoms with van der Waals surface area (Å²) in [5.74, 6) is 1.44. The van der Waals surface area contributed by atoms with Gasteiger partial charge >= 0.3 is 0 Å². The van der Waals surface area contributed by atoms with Gasteiger partial charge in [0.05, 0.1) is 0 Å². The third kappa shape index (κ3) is 5.71. The van der Waals surface area contributed by atoms with Crippen molar-refractivity contribution in [1.29, 1.82) is 0 Å². The summed E-state index contributed by atoms with van der Waals surface area (Å²) >= 11 is 0. The highest BCUT2D eigenvalue weighted by Gasteiger charge is 2.17. The smallest absolute Gasteiger partial charge is 0.0101 e. The van der Waals surface area contributed by atoms with Gasteiger partial charge in [-0.25, -0.2) is 0 Å². The average Bonchev–Trinajstić information content (AvgIpc) is 2.67. The van der Waals surface area contributed by atoms with Crippen molar-refractivity contribution in [1.82, 2.24) is 5.32 Å². The Balaban J connectivity index is 1.54. The highest BCUT2D eigenvalue weighted by Crippen LogP contribution is 2.29. The molecule has 0 heterocycles. The Hall–Kier alpha value is -1.60. The van der Waals surface area contributed by atoms with E-state index in [-0.39, 0.29) is 0 Å². The summed E-state index contributed by atoms with van der Waals surface area (Å²) in [6, 6.07) is 22.5. The van der Waals surface area contributed by atoms with Crippen LogP contribution in [-0.2, 0) is 0 Å². The standard InChI is InChI=1S/C24H33N/c1-20(19-21-11-5-2-6-12-21)25-18-17-24(22-13-7-3-8-14-22)23-15-9-4-10-16-23/h3-4,7-10,13-16,20-21,24-25H,2,5-6,11-12,17-19H2,1H3. The van der Waals surface area contributed by atoms with Crippen LogP contribution in [0, 0.1) is 5.92 Å². The second kappa shape index (κ2) is 9.77. The van der Waals surface area contributed by atoms with Gasteiger partial charge in [0.25, 0.3) is 0 Å². The average molecular weight is 336 g/mol. The summed E-state index contributed by atoms with van der Waals surface area (Å²) in [6.07, 6.45) is 9.74. The van der Waals surface area contributed by atoms with Crippen LogP contribution in [0.25, 0.3) is 0 Å². The van der Waals surface area contributed by atoms with Gasteiger partial charge in [-0.05, 0) is 43.4 Å². The molecule has 1 heteroatoms. The van der Waals surface area contributed by atoms with Crippen molar-refractivity contribution in [3.63, 3.8) is 0 Å². The molecule has 1 nitrogen and oxygen atoms in total. The van der Waals surface area contributed by atoms with Crippen LogP contribution in [0.15, 0.2) is 60.7 Å². The summed E-state index contributed by atoms with van der Waals surface area (Å²) in [6.45, 7) is 3.46. The summed E-state index contributed by atoms with van der Waals surface area (Å²) < 4.78 is 0. The summed E-state index contributed by atoms with van der Waals surface area (Å²) in [5.41, 5.74) is 2.85. The fraction of sp³-hybridized carbons (Fsp3) is 0.500.